The first-order chi connectivity index (χ1) is 55.5. The second-order valence-electron chi connectivity index (χ2n) is 28.2. The van der Waals surface area contributed by atoms with E-state index >= 15 is 0 Å². The number of para-hydroxylation sites is 6. The highest BCUT2D eigenvalue weighted by atomic mass is 15.2. The van der Waals surface area contributed by atoms with E-state index in [9.17, 15) is 0 Å². The molecule has 0 saturated carbocycles. The van der Waals surface area contributed by atoms with Crippen molar-refractivity contribution in [2.75, 3.05) is 0 Å². The second-order valence-corrected chi connectivity index (χ2v) is 28.2. The van der Waals surface area contributed by atoms with Gasteiger partial charge in [0.15, 0.2) is 23.3 Å². The van der Waals surface area contributed by atoms with Gasteiger partial charge in [-0.25, -0.2) is 9.97 Å². The minimum absolute atomic E-state index is 0.567. The number of benzene rings is 16. The van der Waals surface area contributed by atoms with E-state index in [1.165, 1.54) is 38.1 Å². The van der Waals surface area contributed by atoms with Crippen LogP contribution in [0.25, 0.3) is 201 Å². The largest absolute Gasteiger partial charge is 0.309 e. The van der Waals surface area contributed by atoms with Crippen LogP contribution in [0.4, 0.5) is 0 Å². The van der Waals surface area contributed by atoms with Gasteiger partial charge in [-0.3, -0.25) is 9.13 Å². The third-order valence-corrected chi connectivity index (χ3v) is 21.5. The van der Waals surface area contributed by atoms with Crippen LogP contribution in [0.3, 0.4) is 0 Å². The molecule has 0 fully saturated rings. The predicted molar refractivity (Wildman–Crippen MR) is 460 cm³/mol. The summed E-state index contributed by atoms with van der Waals surface area (Å²) in [5, 5.41) is 9.26. The van der Waals surface area contributed by atoms with Crippen LogP contribution in [-0.2, 0) is 0 Å². The van der Waals surface area contributed by atoms with E-state index in [2.05, 4.69) is 394 Å². The summed E-state index contributed by atoms with van der Waals surface area (Å²) in [6, 6.07) is 141. The van der Waals surface area contributed by atoms with E-state index in [1.54, 1.807) is 0 Å². The van der Waals surface area contributed by atoms with Gasteiger partial charge in [0.2, 0.25) is 11.9 Å². The SMILES string of the molecule is c1ccc(-c2ccc(-c3nc(-c4cccc(-c5ccccc5)c4)nc(-n4c5ccccc5c5cc6c(cc54)c4ccccc4n6-c4ccccc4)n3)cc2)cc1.c1ccc(-c2cccc(-c3nc(-c4cccc(-c5ccccc5)c4)nc(-n4c5ccccc5c5cc6c(cc54)c4ccccc4n6-c4ccccc4)n3)c2)cc1. The molecule has 0 spiro atoms. The predicted octanol–water partition coefficient (Wildman–Crippen LogP) is 25.5. The van der Waals surface area contributed by atoms with Crippen molar-refractivity contribution in [1.29, 1.82) is 0 Å². The maximum Gasteiger partial charge on any atom is 0.238 e. The second kappa shape index (κ2) is 27.5. The lowest BCUT2D eigenvalue weighted by Gasteiger charge is -2.12. The zero-order valence-electron chi connectivity index (χ0n) is 60.6. The van der Waals surface area contributed by atoms with Crippen molar-refractivity contribution in [3.63, 3.8) is 0 Å². The van der Waals surface area contributed by atoms with Gasteiger partial charge in [-0.05, 0) is 136 Å². The zero-order chi connectivity index (χ0) is 74.0. The maximum absolute atomic E-state index is 5.32. The monoisotopic (exact) mass is 1430 g/mol. The molecule has 10 nitrogen and oxygen atoms in total. The van der Waals surface area contributed by atoms with Crippen LogP contribution in [-0.4, -0.2) is 48.2 Å². The topological polar surface area (TPSA) is 97.1 Å². The van der Waals surface area contributed by atoms with Gasteiger partial charge in [-0.2, -0.15) is 19.9 Å². The van der Waals surface area contributed by atoms with E-state index in [-0.39, 0.29) is 0 Å². The first-order valence-electron chi connectivity index (χ1n) is 37.7. The molecule has 22 aromatic rings. The fourth-order valence-corrected chi connectivity index (χ4v) is 16.3. The molecule has 0 bridgehead atoms. The number of rotatable bonds is 12. The lowest BCUT2D eigenvalue weighted by Crippen LogP contribution is -2.06. The van der Waals surface area contributed by atoms with E-state index in [1.807, 2.05) is 24.3 Å². The van der Waals surface area contributed by atoms with Gasteiger partial charge < -0.3 is 9.13 Å². The molecular formula is C102H66N10. The molecule has 6 heterocycles. The van der Waals surface area contributed by atoms with Crippen molar-refractivity contribution in [3.8, 4) is 113 Å². The molecule has 10 heteroatoms. The number of aromatic nitrogens is 10. The Morgan fingerprint density at radius 3 is 0.679 bits per heavy atom. The number of hydrogen-bond donors (Lipinski definition) is 0. The quantitative estimate of drug-likeness (QED) is 0.121. The molecule has 0 amide bonds. The Labute approximate surface area is 645 Å². The molecule has 112 heavy (non-hydrogen) atoms. The summed E-state index contributed by atoms with van der Waals surface area (Å²) >= 11 is 0. The van der Waals surface area contributed by atoms with E-state index in [0.717, 1.165) is 127 Å². The van der Waals surface area contributed by atoms with E-state index < -0.39 is 0 Å². The molecule has 6 aromatic heterocycles. The molecule has 22 rings (SSSR count). The zero-order valence-corrected chi connectivity index (χ0v) is 60.6. The molecule has 16 aromatic carbocycles. The minimum atomic E-state index is 0.567. The van der Waals surface area contributed by atoms with E-state index in [0.29, 0.717) is 35.2 Å². The molecule has 0 aliphatic rings. The van der Waals surface area contributed by atoms with Crippen molar-refractivity contribution in [1.82, 2.24) is 48.2 Å². The Kier molecular flexibility index (Phi) is 16.0. The third-order valence-electron chi connectivity index (χ3n) is 21.5. The maximum atomic E-state index is 5.32. The van der Waals surface area contributed by atoms with Crippen molar-refractivity contribution in [2.24, 2.45) is 0 Å². The Morgan fingerprint density at radius 2 is 0.357 bits per heavy atom. The average molecular weight is 1430 g/mol. The van der Waals surface area contributed by atoms with Gasteiger partial charge in [0.05, 0.1) is 44.1 Å². The number of hydrogen-bond acceptors (Lipinski definition) is 6. The molecule has 0 N–H and O–H groups in total. The van der Waals surface area contributed by atoms with Gasteiger partial charge in [-0.1, -0.05) is 309 Å². The van der Waals surface area contributed by atoms with Crippen LogP contribution in [0.15, 0.2) is 400 Å². The van der Waals surface area contributed by atoms with Gasteiger partial charge in [0, 0.05) is 76.7 Å². The van der Waals surface area contributed by atoms with Crippen molar-refractivity contribution >= 4 is 87.2 Å². The van der Waals surface area contributed by atoms with Crippen molar-refractivity contribution in [2.45, 2.75) is 0 Å². The molecule has 524 valence electrons. The highest BCUT2D eigenvalue weighted by Gasteiger charge is 2.25. The summed E-state index contributed by atoms with van der Waals surface area (Å²) in [6.07, 6.45) is 0. The summed E-state index contributed by atoms with van der Waals surface area (Å²) in [5.74, 6) is 3.59. The molecule has 0 aliphatic heterocycles. The van der Waals surface area contributed by atoms with Gasteiger partial charge >= 0.3 is 0 Å². The summed E-state index contributed by atoms with van der Waals surface area (Å²) in [4.78, 5) is 31.6. The smallest absolute Gasteiger partial charge is 0.238 e. The normalized spacial score (nSPS) is 11.6. The van der Waals surface area contributed by atoms with Crippen LogP contribution < -0.4 is 0 Å². The van der Waals surface area contributed by atoms with Gasteiger partial charge in [-0.15, -0.1) is 0 Å². The molecule has 0 atom stereocenters. The van der Waals surface area contributed by atoms with Crippen molar-refractivity contribution in [3.05, 3.63) is 400 Å². The lowest BCUT2D eigenvalue weighted by molar-refractivity contribution is 0.953. The van der Waals surface area contributed by atoms with Crippen LogP contribution in [0.2, 0.25) is 0 Å². The van der Waals surface area contributed by atoms with Crippen LogP contribution >= 0.6 is 0 Å². The first kappa shape index (κ1) is 65.1. The Bertz CT molecular complexity index is 7240. The lowest BCUT2D eigenvalue weighted by atomic mass is 10.0. The van der Waals surface area contributed by atoms with Crippen LogP contribution in [0.1, 0.15) is 0 Å². The minimum Gasteiger partial charge on any atom is -0.309 e. The molecular weight excluding hydrogens is 1370 g/mol. The third kappa shape index (κ3) is 11.5. The summed E-state index contributed by atoms with van der Waals surface area (Å²) in [7, 11) is 0. The highest BCUT2D eigenvalue weighted by molar-refractivity contribution is 6.20. The molecule has 0 saturated heterocycles. The fraction of sp³-hybridized carbons (Fsp3) is 0. The number of fused-ring (bicyclic) bond motifs is 12. The molecule has 0 radical (unpaired) electrons. The average Bonchev–Trinajstić information content (AvgIpc) is 1.56. The van der Waals surface area contributed by atoms with Crippen molar-refractivity contribution < 1.29 is 0 Å². The van der Waals surface area contributed by atoms with Crippen LogP contribution in [0, 0.1) is 0 Å². The standard InChI is InChI=1S/2C51H33N5/c1-4-16-34(17-5-1)36-20-14-22-38(30-36)49-52-50(39-23-15-21-37(31-39)35-18-6-2-7-19-35)54-51(53-49)56-46-29-13-11-27-42(46)44-32-47-43(33-48(44)56)41-26-10-12-28-45(41)55(47)40-24-8-3-9-25-40;1-4-15-34(16-5-1)36-27-29-37(30-28-36)49-52-50(39-20-14-19-38(31-39)35-17-6-2-7-18-35)54-51(53-49)56-46-26-13-11-24-42(46)44-32-47-43(33-48(44)56)41-23-10-12-25-45(41)55(47)40-21-8-3-9-22-40/h2*1-33H. The summed E-state index contributed by atoms with van der Waals surface area (Å²) < 4.78 is 9.17. The van der Waals surface area contributed by atoms with E-state index in [4.69, 9.17) is 29.9 Å². The Hall–Kier alpha value is -15.3. The van der Waals surface area contributed by atoms with Gasteiger partial charge in [0.25, 0.3) is 0 Å². The summed E-state index contributed by atoms with van der Waals surface area (Å²) in [5.41, 5.74) is 23.8. The molecule has 0 aliphatic carbocycles. The molecule has 0 unspecified atom stereocenters. The fourth-order valence-electron chi connectivity index (χ4n) is 16.3. The number of nitrogens with zero attached hydrogens (tertiary/aromatic N) is 10. The van der Waals surface area contributed by atoms with Gasteiger partial charge in [0.1, 0.15) is 0 Å². The Balaban J connectivity index is 0.000000141. The summed E-state index contributed by atoms with van der Waals surface area (Å²) in [6.45, 7) is 0. The highest BCUT2D eigenvalue weighted by Crippen LogP contribution is 2.43. The van der Waals surface area contributed by atoms with Crippen LogP contribution in [0.5, 0.6) is 0 Å². The Morgan fingerprint density at radius 1 is 0.134 bits per heavy atom. The first-order valence-corrected chi connectivity index (χ1v) is 37.7.